The van der Waals surface area contributed by atoms with E-state index in [0.717, 1.165) is 11.3 Å². The smallest absolute Gasteiger partial charge is 0.141 e. The first-order valence-electron chi connectivity index (χ1n) is 5.47. The van der Waals surface area contributed by atoms with E-state index < -0.39 is 5.82 Å². The summed E-state index contributed by atoms with van der Waals surface area (Å²) in [5.41, 5.74) is 2.31. The zero-order valence-corrected chi connectivity index (χ0v) is 10.8. The highest BCUT2D eigenvalue weighted by Crippen LogP contribution is 2.19. The summed E-state index contributed by atoms with van der Waals surface area (Å²) in [5.74, 6) is -0.386. The van der Waals surface area contributed by atoms with Crippen molar-refractivity contribution >= 4 is 17.4 Å². The van der Waals surface area contributed by atoms with E-state index in [1.165, 1.54) is 19.1 Å². The standard InChI is InChI=1S/C13H12ClFN2O/c1-8(18)5-10-7-17(16-9(10)2)11-3-4-13(15)12(14)6-11/h3-4,6-7H,5H2,1-2H3. The molecule has 0 N–H and O–H groups in total. The van der Waals surface area contributed by atoms with Gasteiger partial charge in [0.25, 0.3) is 0 Å². The summed E-state index contributed by atoms with van der Waals surface area (Å²) in [4.78, 5) is 11.1. The number of nitrogens with zero attached hydrogens (tertiary/aromatic N) is 2. The van der Waals surface area contributed by atoms with Crippen LogP contribution in [0.2, 0.25) is 5.02 Å². The number of ketones is 1. The summed E-state index contributed by atoms with van der Waals surface area (Å²) in [6, 6.07) is 4.38. The van der Waals surface area contributed by atoms with Gasteiger partial charge in [0.05, 0.1) is 16.4 Å². The van der Waals surface area contributed by atoms with Gasteiger partial charge in [-0.2, -0.15) is 5.10 Å². The summed E-state index contributed by atoms with van der Waals surface area (Å²) in [5, 5.41) is 4.34. The highest BCUT2D eigenvalue weighted by molar-refractivity contribution is 6.30. The second-order valence-electron chi connectivity index (χ2n) is 4.16. The van der Waals surface area contributed by atoms with Crippen LogP contribution in [0.3, 0.4) is 0 Å². The molecular formula is C13H12ClFN2O. The maximum atomic E-state index is 13.1. The van der Waals surface area contributed by atoms with E-state index in [9.17, 15) is 9.18 Å². The molecule has 0 radical (unpaired) electrons. The third-order valence-electron chi connectivity index (χ3n) is 2.61. The van der Waals surface area contributed by atoms with E-state index in [4.69, 9.17) is 11.6 Å². The lowest BCUT2D eigenvalue weighted by atomic mass is 10.1. The number of Topliss-reactive ketones (excluding diaryl/α,β-unsaturated/α-hetero) is 1. The molecule has 94 valence electrons. The van der Waals surface area contributed by atoms with Crippen molar-refractivity contribution in [2.45, 2.75) is 20.3 Å². The maximum absolute atomic E-state index is 13.1. The van der Waals surface area contributed by atoms with Crippen LogP contribution in [0.25, 0.3) is 5.69 Å². The topological polar surface area (TPSA) is 34.9 Å². The monoisotopic (exact) mass is 266 g/mol. The van der Waals surface area contributed by atoms with E-state index >= 15 is 0 Å². The first-order chi connectivity index (χ1) is 8.47. The maximum Gasteiger partial charge on any atom is 0.141 e. The quantitative estimate of drug-likeness (QED) is 0.856. The summed E-state index contributed by atoms with van der Waals surface area (Å²) < 4.78 is 14.7. The number of aryl methyl sites for hydroxylation is 1. The summed E-state index contributed by atoms with van der Waals surface area (Å²) in [6.45, 7) is 3.37. The molecule has 0 aliphatic heterocycles. The van der Waals surface area contributed by atoms with E-state index in [-0.39, 0.29) is 10.8 Å². The number of carbonyl (C=O) groups excluding carboxylic acids is 1. The molecule has 1 aromatic carbocycles. The van der Waals surface area contributed by atoms with Crippen molar-refractivity contribution in [1.29, 1.82) is 0 Å². The first kappa shape index (κ1) is 12.8. The predicted octanol–water partition coefficient (Wildman–Crippen LogP) is 3.10. The molecule has 0 amide bonds. The number of hydrogen-bond donors (Lipinski definition) is 0. The Bertz CT molecular complexity index is 607. The number of aromatic nitrogens is 2. The normalized spacial score (nSPS) is 10.7. The van der Waals surface area contributed by atoms with Crippen molar-refractivity contribution in [3.63, 3.8) is 0 Å². The van der Waals surface area contributed by atoms with Crippen LogP contribution in [-0.2, 0) is 11.2 Å². The molecule has 0 aliphatic carbocycles. The Balaban J connectivity index is 2.39. The molecule has 0 saturated carbocycles. The highest BCUT2D eigenvalue weighted by atomic mass is 35.5. The fraction of sp³-hybridized carbons (Fsp3) is 0.231. The summed E-state index contributed by atoms with van der Waals surface area (Å²) in [6.07, 6.45) is 2.11. The average molecular weight is 267 g/mol. The van der Waals surface area contributed by atoms with Crippen molar-refractivity contribution in [3.05, 3.63) is 46.5 Å². The van der Waals surface area contributed by atoms with Gasteiger partial charge in [-0.3, -0.25) is 4.79 Å². The summed E-state index contributed by atoms with van der Waals surface area (Å²) >= 11 is 5.72. The first-order valence-corrected chi connectivity index (χ1v) is 5.85. The van der Waals surface area contributed by atoms with E-state index in [0.29, 0.717) is 12.1 Å². The highest BCUT2D eigenvalue weighted by Gasteiger charge is 2.09. The van der Waals surface area contributed by atoms with Crippen LogP contribution in [0.1, 0.15) is 18.2 Å². The fourth-order valence-electron chi connectivity index (χ4n) is 1.70. The molecule has 1 aromatic heterocycles. The molecule has 5 heteroatoms. The van der Waals surface area contributed by atoms with Gasteiger partial charge in [0.2, 0.25) is 0 Å². The van der Waals surface area contributed by atoms with Gasteiger partial charge in [0, 0.05) is 18.2 Å². The average Bonchev–Trinajstić information content (AvgIpc) is 2.63. The molecule has 2 rings (SSSR count). The van der Waals surface area contributed by atoms with Crippen LogP contribution < -0.4 is 0 Å². The van der Waals surface area contributed by atoms with Gasteiger partial charge in [-0.25, -0.2) is 9.07 Å². The van der Waals surface area contributed by atoms with E-state index in [1.807, 2.05) is 6.92 Å². The SMILES string of the molecule is CC(=O)Cc1cn(-c2ccc(F)c(Cl)c2)nc1C. The molecule has 0 aliphatic rings. The molecule has 1 heterocycles. The van der Waals surface area contributed by atoms with Crippen molar-refractivity contribution < 1.29 is 9.18 Å². The molecule has 2 aromatic rings. The molecule has 0 bridgehead atoms. The molecule has 0 unspecified atom stereocenters. The van der Waals surface area contributed by atoms with Crippen LogP contribution in [0, 0.1) is 12.7 Å². The van der Waals surface area contributed by atoms with Crippen LogP contribution >= 0.6 is 11.6 Å². The van der Waals surface area contributed by atoms with Crippen molar-refractivity contribution in [2.24, 2.45) is 0 Å². The molecule has 18 heavy (non-hydrogen) atoms. The molecule has 0 saturated heterocycles. The van der Waals surface area contributed by atoms with Crippen LogP contribution in [0.15, 0.2) is 24.4 Å². The lowest BCUT2D eigenvalue weighted by molar-refractivity contribution is -0.116. The Morgan fingerprint density at radius 1 is 1.50 bits per heavy atom. The van der Waals surface area contributed by atoms with E-state index in [2.05, 4.69) is 5.10 Å². The largest absolute Gasteiger partial charge is 0.300 e. The minimum Gasteiger partial charge on any atom is -0.300 e. The van der Waals surface area contributed by atoms with Gasteiger partial charge >= 0.3 is 0 Å². The minimum atomic E-state index is -0.465. The second-order valence-corrected chi connectivity index (χ2v) is 4.57. The number of halogens is 2. The van der Waals surface area contributed by atoms with Crippen LogP contribution in [0.4, 0.5) is 4.39 Å². The van der Waals surface area contributed by atoms with Gasteiger partial charge in [-0.1, -0.05) is 11.6 Å². The fourth-order valence-corrected chi connectivity index (χ4v) is 1.87. The van der Waals surface area contributed by atoms with Gasteiger partial charge in [-0.05, 0) is 32.0 Å². The Morgan fingerprint density at radius 3 is 2.83 bits per heavy atom. The van der Waals surface area contributed by atoms with Crippen molar-refractivity contribution in [2.75, 3.05) is 0 Å². The number of hydrogen-bond acceptors (Lipinski definition) is 2. The number of carbonyl (C=O) groups is 1. The summed E-state index contributed by atoms with van der Waals surface area (Å²) in [7, 11) is 0. The predicted molar refractivity (Wildman–Crippen MR) is 67.7 cm³/mol. The Labute approximate surface area is 109 Å². The molecule has 0 atom stereocenters. The second kappa shape index (κ2) is 4.90. The number of benzene rings is 1. The van der Waals surface area contributed by atoms with E-state index in [1.54, 1.807) is 16.9 Å². The lowest BCUT2D eigenvalue weighted by Gasteiger charge is -2.02. The number of rotatable bonds is 3. The Morgan fingerprint density at radius 2 is 2.22 bits per heavy atom. The van der Waals surface area contributed by atoms with Gasteiger partial charge in [-0.15, -0.1) is 0 Å². The zero-order valence-electron chi connectivity index (χ0n) is 10.1. The minimum absolute atomic E-state index is 0.0498. The molecular weight excluding hydrogens is 255 g/mol. The van der Waals surface area contributed by atoms with Gasteiger partial charge in [0.1, 0.15) is 11.6 Å². The Hall–Kier alpha value is -1.68. The molecule has 0 fully saturated rings. The van der Waals surface area contributed by atoms with Crippen molar-refractivity contribution in [3.8, 4) is 5.69 Å². The Kier molecular flexibility index (Phi) is 3.48. The zero-order chi connectivity index (χ0) is 13.3. The van der Waals surface area contributed by atoms with Gasteiger partial charge < -0.3 is 0 Å². The van der Waals surface area contributed by atoms with Gasteiger partial charge in [0.15, 0.2) is 0 Å². The third kappa shape index (κ3) is 2.59. The van der Waals surface area contributed by atoms with Crippen LogP contribution in [-0.4, -0.2) is 15.6 Å². The molecule has 0 spiro atoms. The van der Waals surface area contributed by atoms with Crippen LogP contribution in [0.5, 0.6) is 0 Å². The third-order valence-corrected chi connectivity index (χ3v) is 2.90. The molecule has 3 nitrogen and oxygen atoms in total. The lowest BCUT2D eigenvalue weighted by Crippen LogP contribution is -1.96. The van der Waals surface area contributed by atoms with Crippen molar-refractivity contribution in [1.82, 2.24) is 9.78 Å².